The van der Waals surface area contributed by atoms with Crippen molar-refractivity contribution in [2.24, 2.45) is 5.41 Å². The van der Waals surface area contributed by atoms with Gasteiger partial charge in [0.1, 0.15) is 0 Å². The van der Waals surface area contributed by atoms with Crippen LogP contribution in [0.5, 0.6) is 0 Å². The Balaban J connectivity index is 2.67. The Labute approximate surface area is 75.4 Å². The molecule has 2 heteroatoms. The van der Waals surface area contributed by atoms with Crippen LogP contribution in [0.4, 0.5) is 0 Å². The fraction of sp³-hybridized carbons (Fsp3) is 1.00. The highest BCUT2D eigenvalue weighted by Crippen LogP contribution is 2.37. The summed E-state index contributed by atoms with van der Waals surface area (Å²) in [7, 11) is 0. The molecule has 2 N–H and O–H groups in total. The first-order valence-electron chi connectivity index (χ1n) is 4.89. The predicted molar refractivity (Wildman–Crippen MR) is 51.1 cm³/mol. The van der Waals surface area contributed by atoms with Gasteiger partial charge in [-0.05, 0) is 37.8 Å². The van der Waals surface area contributed by atoms with Crippen LogP contribution in [0.25, 0.3) is 0 Å². The van der Waals surface area contributed by atoms with Gasteiger partial charge in [-0.2, -0.15) is 0 Å². The van der Waals surface area contributed by atoms with Gasteiger partial charge in [0.25, 0.3) is 0 Å². The van der Waals surface area contributed by atoms with E-state index in [2.05, 4.69) is 26.1 Å². The van der Waals surface area contributed by atoms with Gasteiger partial charge in [-0.1, -0.05) is 20.8 Å². The number of nitrogens with one attached hydrogen (secondary N) is 1. The Morgan fingerprint density at radius 2 is 1.83 bits per heavy atom. The summed E-state index contributed by atoms with van der Waals surface area (Å²) in [5, 5.41) is 13.7. The Morgan fingerprint density at radius 1 is 1.17 bits per heavy atom. The molecule has 1 aliphatic heterocycles. The molecular formula is C10H21NO. The fourth-order valence-corrected chi connectivity index (χ4v) is 1.80. The highest BCUT2D eigenvalue weighted by Gasteiger charge is 2.39. The van der Waals surface area contributed by atoms with Gasteiger partial charge in [0.05, 0.1) is 5.60 Å². The van der Waals surface area contributed by atoms with E-state index < -0.39 is 5.60 Å². The van der Waals surface area contributed by atoms with Crippen molar-refractivity contribution in [2.75, 3.05) is 13.1 Å². The minimum atomic E-state index is -0.462. The first-order valence-corrected chi connectivity index (χ1v) is 4.89. The summed E-state index contributed by atoms with van der Waals surface area (Å²) >= 11 is 0. The third-order valence-corrected chi connectivity index (χ3v) is 3.06. The molecule has 1 fully saturated rings. The largest absolute Gasteiger partial charge is 0.389 e. The zero-order chi connectivity index (χ0) is 9.24. The smallest absolute Gasteiger partial charge is 0.0708 e. The van der Waals surface area contributed by atoms with E-state index in [4.69, 9.17) is 0 Å². The van der Waals surface area contributed by atoms with Gasteiger partial charge < -0.3 is 10.4 Å². The van der Waals surface area contributed by atoms with Gasteiger partial charge in [-0.15, -0.1) is 0 Å². The molecule has 0 aromatic heterocycles. The number of rotatable bonds is 0. The van der Waals surface area contributed by atoms with Crippen LogP contribution >= 0.6 is 0 Å². The summed E-state index contributed by atoms with van der Waals surface area (Å²) in [4.78, 5) is 0. The van der Waals surface area contributed by atoms with Gasteiger partial charge in [-0.25, -0.2) is 0 Å². The minimum Gasteiger partial charge on any atom is -0.389 e. The van der Waals surface area contributed by atoms with Gasteiger partial charge in [0, 0.05) is 0 Å². The van der Waals surface area contributed by atoms with Crippen molar-refractivity contribution in [2.45, 2.75) is 45.6 Å². The minimum absolute atomic E-state index is 0.0129. The summed E-state index contributed by atoms with van der Waals surface area (Å²) in [5.74, 6) is 0. The van der Waals surface area contributed by atoms with Crippen molar-refractivity contribution in [1.82, 2.24) is 5.32 Å². The number of hydrogen-bond donors (Lipinski definition) is 2. The average Bonchev–Trinajstić information content (AvgIpc) is 2.12. The van der Waals surface area contributed by atoms with Crippen molar-refractivity contribution in [1.29, 1.82) is 0 Å². The van der Waals surface area contributed by atoms with Crippen LogP contribution in [0.15, 0.2) is 0 Å². The van der Waals surface area contributed by atoms with E-state index in [1.165, 1.54) is 0 Å². The molecule has 12 heavy (non-hydrogen) atoms. The molecule has 1 unspecified atom stereocenters. The topological polar surface area (TPSA) is 32.3 Å². The first-order chi connectivity index (χ1) is 5.46. The van der Waals surface area contributed by atoms with E-state index in [1.807, 2.05) is 0 Å². The van der Waals surface area contributed by atoms with E-state index in [9.17, 15) is 5.11 Å². The van der Waals surface area contributed by atoms with Crippen molar-refractivity contribution in [3.05, 3.63) is 0 Å². The second-order valence-electron chi connectivity index (χ2n) is 4.89. The molecule has 0 aliphatic carbocycles. The van der Waals surface area contributed by atoms with E-state index in [-0.39, 0.29) is 5.41 Å². The lowest BCUT2D eigenvalue weighted by Crippen LogP contribution is -2.43. The Morgan fingerprint density at radius 3 is 2.42 bits per heavy atom. The molecule has 0 bridgehead atoms. The summed E-state index contributed by atoms with van der Waals surface area (Å²) < 4.78 is 0. The van der Waals surface area contributed by atoms with Crippen LogP contribution < -0.4 is 5.32 Å². The van der Waals surface area contributed by atoms with Crippen molar-refractivity contribution < 1.29 is 5.11 Å². The van der Waals surface area contributed by atoms with Crippen LogP contribution in [-0.4, -0.2) is 23.8 Å². The van der Waals surface area contributed by atoms with Gasteiger partial charge in [-0.3, -0.25) is 0 Å². The van der Waals surface area contributed by atoms with Gasteiger partial charge >= 0.3 is 0 Å². The lowest BCUT2D eigenvalue weighted by Gasteiger charge is -2.39. The number of aliphatic hydroxyl groups is 1. The second kappa shape index (κ2) is 3.35. The Kier molecular flexibility index (Phi) is 2.79. The molecule has 1 aliphatic rings. The van der Waals surface area contributed by atoms with E-state index in [1.54, 1.807) is 0 Å². The van der Waals surface area contributed by atoms with Crippen molar-refractivity contribution in [3.8, 4) is 0 Å². The molecule has 0 spiro atoms. The summed E-state index contributed by atoms with van der Waals surface area (Å²) in [6.45, 7) is 8.38. The maximum atomic E-state index is 10.3. The molecule has 1 atom stereocenters. The highest BCUT2D eigenvalue weighted by atomic mass is 16.3. The lowest BCUT2D eigenvalue weighted by molar-refractivity contribution is -0.0668. The first kappa shape index (κ1) is 10.0. The number of hydrogen-bond acceptors (Lipinski definition) is 2. The highest BCUT2D eigenvalue weighted by molar-refractivity contribution is 4.92. The summed E-state index contributed by atoms with van der Waals surface area (Å²) in [6, 6.07) is 0. The molecule has 72 valence electrons. The van der Waals surface area contributed by atoms with Crippen LogP contribution in [0, 0.1) is 5.41 Å². The van der Waals surface area contributed by atoms with Gasteiger partial charge in [0.15, 0.2) is 0 Å². The Bertz CT molecular complexity index is 140. The zero-order valence-corrected chi connectivity index (χ0v) is 8.48. The van der Waals surface area contributed by atoms with Crippen LogP contribution in [0.1, 0.15) is 40.0 Å². The standard InChI is InChI=1S/C10H21NO/c1-9(2,3)10(12)5-4-7-11-8-6-10/h11-12H,4-8H2,1-3H3. The SMILES string of the molecule is CC(C)(C)C1(O)CCCNCC1. The normalized spacial score (nSPS) is 33.0. The molecule has 1 heterocycles. The quantitative estimate of drug-likeness (QED) is 0.579. The third-order valence-electron chi connectivity index (χ3n) is 3.06. The monoisotopic (exact) mass is 171 g/mol. The maximum absolute atomic E-state index is 10.3. The van der Waals surface area contributed by atoms with Gasteiger partial charge in [0.2, 0.25) is 0 Å². The molecule has 0 saturated carbocycles. The predicted octanol–water partition coefficient (Wildman–Crippen LogP) is 1.54. The lowest BCUT2D eigenvalue weighted by atomic mass is 9.72. The van der Waals surface area contributed by atoms with Crippen LogP contribution in [0.3, 0.4) is 0 Å². The second-order valence-corrected chi connectivity index (χ2v) is 4.89. The molecule has 2 nitrogen and oxygen atoms in total. The molecule has 0 radical (unpaired) electrons. The van der Waals surface area contributed by atoms with Crippen molar-refractivity contribution in [3.63, 3.8) is 0 Å². The molecule has 0 amide bonds. The molecule has 0 aromatic carbocycles. The van der Waals surface area contributed by atoms with E-state index in [0.29, 0.717) is 0 Å². The zero-order valence-electron chi connectivity index (χ0n) is 8.48. The summed E-state index contributed by atoms with van der Waals surface area (Å²) in [6.07, 6.45) is 2.91. The average molecular weight is 171 g/mol. The van der Waals surface area contributed by atoms with Crippen molar-refractivity contribution >= 4 is 0 Å². The van der Waals surface area contributed by atoms with Crippen LogP contribution in [-0.2, 0) is 0 Å². The van der Waals surface area contributed by atoms with Crippen LogP contribution in [0.2, 0.25) is 0 Å². The Hall–Kier alpha value is -0.0800. The maximum Gasteiger partial charge on any atom is 0.0708 e. The third kappa shape index (κ3) is 1.99. The molecule has 1 saturated heterocycles. The molecule has 0 aromatic rings. The fourth-order valence-electron chi connectivity index (χ4n) is 1.80. The van der Waals surface area contributed by atoms with E-state index in [0.717, 1.165) is 32.4 Å². The van der Waals surface area contributed by atoms with E-state index >= 15 is 0 Å². The molecule has 1 rings (SSSR count). The summed E-state index contributed by atoms with van der Waals surface area (Å²) in [5.41, 5.74) is -0.449. The molecular weight excluding hydrogens is 150 g/mol.